The lowest BCUT2D eigenvalue weighted by atomic mass is 10.1. The van der Waals surface area contributed by atoms with E-state index in [0.29, 0.717) is 6.42 Å². The number of amides is 1. The fourth-order valence-corrected chi connectivity index (χ4v) is 2.76. The molecule has 20 heavy (non-hydrogen) atoms. The summed E-state index contributed by atoms with van der Waals surface area (Å²) >= 11 is 0. The van der Waals surface area contributed by atoms with Gasteiger partial charge in [0.25, 0.3) is 0 Å². The number of aliphatic hydroxyl groups excluding tert-OH is 1. The second-order valence-electron chi connectivity index (χ2n) is 5.26. The molecule has 3 atom stereocenters. The van der Waals surface area contributed by atoms with E-state index in [-0.39, 0.29) is 18.0 Å². The molecule has 2 aromatic rings. The highest BCUT2D eigenvalue weighted by Crippen LogP contribution is 2.31. The summed E-state index contributed by atoms with van der Waals surface area (Å²) in [6, 6.07) is 11.1. The molecule has 0 saturated heterocycles. The first-order valence-corrected chi connectivity index (χ1v) is 6.85. The molecule has 0 bridgehead atoms. The highest BCUT2D eigenvalue weighted by atomic mass is 16.3. The average molecular weight is 270 g/mol. The summed E-state index contributed by atoms with van der Waals surface area (Å²) in [4.78, 5) is 12.3. The number of aliphatic hydroxyl groups is 1. The van der Waals surface area contributed by atoms with Gasteiger partial charge in [0, 0.05) is 18.8 Å². The highest BCUT2D eigenvalue weighted by Gasteiger charge is 2.32. The van der Waals surface area contributed by atoms with Gasteiger partial charge in [0.2, 0.25) is 5.91 Å². The Bertz CT molecular complexity index is 607. The number of hydrogen-bond acceptors (Lipinski definition) is 2. The molecule has 1 aliphatic rings. The van der Waals surface area contributed by atoms with E-state index >= 15 is 0 Å². The van der Waals surface area contributed by atoms with Gasteiger partial charge >= 0.3 is 0 Å². The van der Waals surface area contributed by atoms with Gasteiger partial charge in [0.05, 0.1) is 12.1 Å². The summed E-state index contributed by atoms with van der Waals surface area (Å²) in [6.45, 7) is 1.85. The number of carbonyl (C=O) groups excluding carboxylic acids is 1. The molecule has 3 rings (SSSR count). The van der Waals surface area contributed by atoms with Crippen molar-refractivity contribution in [3.8, 4) is 0 Å². The van der Waals surface area contributed by atoms with Crippen molar-refractivity contribution in [1.29, 1.82) is 0 Å². The number of nitrogens with one attached hydrogen (secondary N) is 1. The molecule has 0 aliphatic heterocycles. The first-order valence-electron chi connectivity index (χ1n) is 6.85. The standard InChI is InChI=1S/C16H18N2O2/c1-11(18-8-4-5-9-18)16(20)17-15-13-7-3-2-6-12(13)10-14(15)19/h2-9,11,14-15,19H,10H2,1H3,(H,17,20). The maximum Gasteiger partial charge on any atom is 0.243 e. The molecule has 1 heterocycles. The smallest absolute Gasteiger partial charge is 0.243 e. The van der Waals surface area contributed by atoms with Gasteiger partial charge in [-0.3, -0.25) is 4.79 Å². The van der Waals surface area contributed by atoms with Crippen molar-refractivity contribution in [2.75, 3.05) is 0 Å². The molecule has 0 fully saturated rings. The molecule has 0 saturated carbocycles. The lowest BCUT2D eigenvalue weighted by Gasteiger charge is -2.21. The van der Waals surface area contributed by atoms with Crippen LogP contribution in [0.25, 0.3) is 0 Å². The molecule has 4 nitrogen and oxygen atoms in total. The van der Waals surface area contributed by atoms with Crippen molar-refractivity contribution in [1.82, 2.24) is 9.88 Å². The summed E-state index contributed by atoms with van der Waals surface area (Å²) in [5.74, 6) is -0.0815. The van der Waals surface area contributed by atoms with E-state index in [1.54, 1.807) is 0 Å². The second-order valence-corrected chi connectivity index (χ2v) is 5.26. The van der Waals surface area contributed by atoms with Crippen molar-refractivity contribution >= 4 is 5.91 Å². The summed E-state index contributed by atoms with van der Waals surface area (Å²) in [6.07, 6.45) is 3.78. The molecule has 0 radical (unpaired) electrons. The van der Waals surface area contributed by atoms with Crippen LogP contribution in [-0.4, -0.2) is 21.7 Å². The third-order valence-electron chi connectivity index (χ3n) is 3.96. The van der Waals surface area contributed by atoms with E-state index in [4.69, 9.17) is 0 Å². The lowest BCUT2D eigenvalue weighted by Crippen LogP contribution is -2.37. The Kier molecular flexibility index (Phi) is 3.32. The van der Waals surface area contributed by atoms with Crippen LogP contribution in [0.4, 0.5) is 0 Å². The normalized spacial score (nSPS) is 22.3. The minimum absolute atomic E-state index is 0.0815. The van der Waals surface area contributed by atoms with E-state index in [9.17, 15) is 9.90 Å². The Labute approximate surface area is 118 Å². The zero-order valence-corrected chi connectivity index (χ0v) is 11.4. The lowest BCUT2D eigenvalue weighted by molar-refractivity contribution is -0.125. The molecule has 1 amide bonds. The van der Waals surface area contributed by atoms with Crippen molar-refractivity contribution in [3.63, 3.8) is 0 Å². The maximum atomic E-state index is 12.3. The Hall–Kier alpha value is -2.07. The number of nitrogens with zero attached hydrogens (tertiary/aromatic N) is 1. The molecule has 3 unspecified atom stereocenters. The van der Waals surface area contributed by atoms with Gasteiger partial charge in [0.1, 0.15) is 6.04 Å². The average Bonchev–Trinajstić information content (AvgIpc) is 3.07. The molecular weight excluding hydrogens is 252 g/mol. The predicted molar refractivity (Wildman–Crippen MR) is 76.2 cm³/mol. The van der Waals surface area contributed by atoms with Crippen molar-refractivity contribution in [2.45, 2.75) is 31.5 Å². The molecular formula is C16H18N2O2. The summed E-state index contributed by atoms with van der Waals surface area (Å²) in [5.41, 5.74) is 2.13. The number of rotatable bonds is 3. The van der Waals surface area contributed by atoms with Crippen molar-refractivity contribution < 1.29 is 9.90 Å². The quantitative estimate of drug-likeness (QED) is 0.894. The van der Waals surface area contributed by atoms with E-state index in [0.717, 1.165) is 11.1 Å². The van der Waals surface area contributed by atoms with Crippen LogP contribution in [0.3, 0.4) is 0 Å². The molecule has 1 aromatic carbocycles. The number of carbonyl (C=O) groups is 1. The Morgan fingerprint density at radius 2 is 2.00 bits per heavy atom. The number of aromatic nitrogens is 1. The zero-order chi connectivity index (χ0) is 14.1. The molecule has 104 valence electrons. The van der Waals surface area contributed by atoms with Gasteiger partial charge in [-0.05, 0) is 30.2 Å². The van der Waals surface area contributed by atoms with Gasteiger partial charge in [-0.15, -0.1) is 0 Å². The Morgan fingerprint density at radius 3 is 2.75 bits per heavy atom. The fraction of sp³-hybridized carbons (Fsp3) is 0.312. The monoisotopic (exact) mass is 270 g/mol. The first-order chi connectivity index (χ1) is 9.66. The highest BCUT2D eigenvalue weighted by molar-refractivity contribution is 5.80. The van der Waals surface area contributed by atoms with Gasteiger partial charge in [-0.25, -0.2) is 0 Å². The third-order valence-corrected chi connectivity index (χ3v) is 3.96. The molecule has 1 aromatic heterocycles. The SMILES string of the molecule is CC(C(=O)NC1c2ccccc2CC1O)n1cccc1. The fourth-order valence-electron chi connectivity index (χ4n) is 2.76. The van der Waals surface area contributed by atoms with E-state index < -0.39 is 6.10 Å². The minimum Gasteiger partial charge on any atom is -0.390 e. The number of fused-ring (bicyclic) bond motifs is 1. The zero-order valence-electron chi connectivity index (χ0n) is 11.4. The Balaban J connectivity index is 1.76. The van der Waals surface area contributed by atoms with Gasteiger partial charge in [0.15, 0.2) is 0 Å². The van der Waals surface area contributed by atoms with Crippen molar-refractivity contribution in [2.24, 2.45) is 0 Å². The van der Waals surface area contributed by atoms with E-state index in [1.807, 2.05) is 60.3 Å². The van der Waals surface area contributed by atoms with Gasteiger partial charge in [-0.2, -0.15) is 0 Å². The van der Waals surface area contributed by atoms with Crippen LogP contribution in [0.2, 0.25) is 0 Å². The number of hydrogen-bond donors (Lipinski definition) is 2. The molecule has 1 aliphatic carbocycles. The van der Waals surface area contributed by atoms with E-state index in [2.05, 4.69) is 5.32 Å². The van der Waals surface area contributed by atoms with Crippen molar-refractivity contribution in [3.05, 3.63) is 59.9 Å². The number of benzene rings is 1. The summed E-state index contributed by atoms with van der Waals surface area (Å²) < 4.78 is 1.85. The van der Waals surface area contributed by atoms with Crippen LogP contribution in [0, 0.1) is 0 Å². The second kappa shape index (κ2) is 5.13. The molecule has 2 N–H and O–H groups in total. The minimum atomic E-state index is -0.548. The van der Waals surface area contributed by atoms with Crippen LogP contribution >= 0.6 is 0 Å². The van der Waals surface area contributed by atoms with Gasteiger partial charge < -0.3 is 15.0 Å². The largest absolute Gasteiger partial charge is 0.390 e. The molecule has 4 heteroatoms. The van der Waals surface area contributed by atoms with Crippen LogP contribution in [-0.2, 0) is 11.2 Å². The van der Waals surface area contributed by atoms with Crippen LogP contribution in [0.5, 0.6) is 0 Å². The molecule has 0 spiro atoms. The summed E-state index contributed by atoms with van der Waals surface area (Å²) in [7, 11) is 0. The van der Waals surface area contributed by atoms with Gasteiger partial charge in [-0.1, -0.05) is 24.3 Å². The van der Waals surface area contributed by atoms with Crippen LogP contribution in [0.1, 0.15) is 30.1 Å². The Morgan fingerprint density at radius 1 is 1.30 bits per heavy atom. The topological polar surface area (TPSA) is 54.3 Å². The van der Waals surface area contributed by atoms with Crippen LogP contribution in [0.15, 0.2) is 48.8 Å². The summed E-state index contributed by atoms with van der Waals surface area (Å²) in [5, 5.41) is 13.1. The predicted octanol–water partition coefficient (Wildman–Crippen LogP) is 1.82. The first kappa shape index (κ1) is 12.9. The third kappa shape index (κ3) is 2.23. The van der Waals surface area contributed by atoms with Crippen LogP contribution < -0.4 is 5.32 Å². The van der Waals surface area contributed by atoms with E-state index in [1.165, 1.54) is 0 Å². The maximum absolute atomic E-state index is 12.3.